The second kappa shape index (κ2) is 9.80. The van der Waals surface area contributed by atoms with Gasteiger partial charge in [-0.2, -0.15) is 0 Å². The number of nitrogens with two attached hydrogens (primary N) is 1. The lowest BCUT2D eigenvalue weighted by atomic mass is 10.2. The number of primary amides is 1. The summed E-state index contributed by atoms with van der Waals surface area (Å²) in [6, 6.07) is 9.19. The first kappa shape index (κ1) is 20.7. The Labute approximate surface area is 159 Å². The van der Waals surface area contributed by atoms with Gasteiger partial charge in [0.15, 0.2) is 6.17 Å². The van der Waals surface area contributed by atoms with Gasteiger partial charge in [0, 0.05) is 6.08 Å². The zero-order chi connectivity index (χ0) is 18.2. The van der Waals surface area contributed by atoms with Gasteiger partial charge < -0.3 is 11.1 Å². The van der Waals surface area contributed by atoms with Crippen molar-refractivity contribution < 1.29 is 9.59 Å². The highest BCUT2D eigenvalue weighted by Crippen LogP contribution is 2.31. The molecule has 0 spiro atoms. The fourth-order valence-electron chi connectivity index (χ4n) is 1.59. The van der Waals surface area contributed by atoms with Crippen LogP contribution in [-0.2, 0) is 9.59 Å². The predicted molar refractivity (Wildman–Crippen MR) is 100 cm³/mol. The summed E-state index contributed by atoms with van der Waals surface area (Å²) in [4.78, 5) is 22.9. The van der Waals surface area contributed by atoms with Crippen LogP contribution in [0, 0.1) is 0 Å². The number of alkyl halides is 3. The molecule has 0 radical (unpaired) electrons. The van der Waals surface area contributed by atoms with Gasteiger partial charge in [0.05, 0.1) is 12.0 Å². The normalized spacial score (nSPS) is 12.6. The van der Waals surface area contributed by atoms with E-state index in [1.54, 1.807) is 6.08 Å². The molecule has 1 unspecified atom stereocenters. The molecule has 24 heavy (non-hydrogen) atoms. The van der Waals surface area contributed by atoms with Crippen molar-refractivity contribution >= 4 is 70.4 Å². The molecule has 0 saturated carbocycles. The maximum atomic E-state index is 12.1. The summed E-state index contributed by atoms with van der Waals surface area (Å²) in [5.41, 5.74) is 9.53. The number of nitrogens with zero attached hydrogens (tertiary/aromatic N) is 1. The number of amides is 2. The number of hydrogen-bond acceptors (Lipinski definition) is 4. The van der Waals surface area contributed by atoms with E-state index in [4.69, 9.17) is 52.8 Å². The third-order valence-corrected chi connectivity index (χ3v) is 3.49. The summed E-state index contributed by atoms with van der Waals surface area (Å²) in [6.45, 7) is -0.250. The molecule has 1 rings (SSSR count). The molecular formula is C14H15Cl3N4O2S. The maximum Gasteiger partial charge on any atom is 0.245 e. The van der Waals surface area contributed by atoms with Crippen molar-refractivity contribution in [2.45, 2.75) is 9.96 Å². The van der Waals surface area contributed by atoms with E-state index in [0.717, 1.165) is 16.1 Å². The molecule has 4 N–H and O–H groups in total. The molecule has 0 aliphatic heterocycles. The summed E-state index contributed by atoms with van der Waals surface area (Å²) in [6.07, 6.45) is 1.73. The number of carbonyl (C=O) groups excluding carboxylic acids is 2. The molecular weight excluding hydrogens is 395 g/mol. The van der Waals surface area contributed by atoms with Crippen LogP contribution in [0.15, 0.2) is 36.4 Å². The van der Waals surface area contributed by atoms with Crippen LogP contribution in [0.25, 0.3) is 6.08 Å². The number of hydrogen-bond donors (Lipinski definition) is 3. The highest BCUT2D eigenvalue weighted by Gasteiger charge is 2.37. The molecule has 0 bridgehead atoms. The lowest BCUT2D eigenvalue weighted by Crippen LogP contribution is -2.60. The van der Waals surface area contributed by atoms with E-state index in [9.17, 15) is 9.59 Å². The van der Waals surface area contributed by atoms with Crippen molar-refractivity contribution in [2.24, 2.45) is 5.73 Å². The highest BCUT2D eigenvalue weighted by molar-refractivity contribution is 7.78. The SMILES string of the molecule is NC(=O)CNN(C=S)C(NC(=O)/C=C/c1ccccc1)C(Cl)(Cl)Cl. The fraction of sp³-hybridized carbons (Fsp3) is 0.214. The maximum absolute atomic E-state index is 12.1. The molecule has 10 heteroatoms. The van der Waals surface area contributed by atoms with Gasteiger partial charge in [-0.05, 0) is 11.6 Å². The van der Waals surface area contributed by atoms with Crippen molar-refractivity contribution in [2.75, 3.05) is 6.54 Å². The molecule has 0 heterocycles. The number of thiocarbonyl (C=S) groups is 1. The Morgan fingerprint density at radius 2 is 1.92 bits per heavy atom. The topological polar surface area (TPSA) is 87.5 Å². The Hall–Kier alpha value is -1.38. The summed E-state index contributed by atoms with van der Waals surface area (Å²) in [7, 11) is 0. The zero-order valence-electron chi connectivity index (χ0n) is 12.3. The first-order valence-corrected chi connectivity index (χ1v) is 8.20. The highest BCUT2D eigenvalue weighted by atomic mass is 35.6. The summed E-state index contributed by atoms with van der Waals surface area (Å²) in [5.74, 6) is -1.16. The first-order valence-electron chi connectivity index (χ1n) is 6.60. The van der Waals surface area contributed by atoms with Crippen LogP contribution in [0.3, 0.4) is 0 Å². The number of hydrazine groups is 1. The van der Waals surface area contributed by atoms with Gasteiger partial charge >= 0.3 is 0 Å². The van der Waals surface area contributed by atoms with Crippen LogP contribution in [-0.4, -0.2) is 38.8 Å². The lowest BCUT2D eigenvalue weighted by Gasteiger charge is -2.34. The summed E-state index contributed by atoms with van der Waals surface area (Å²) >= 11 is 22.4. The van der Waals surface area contributed by atoms with Gasteiger partial charge in [0.25, 0.3) is 0 Å². The Morgan fingerprint density at radius 1 is 1.29 bits per heavy atom. The molecule has 0 aromatic heterocycles. The molecule has 0 aliphatic rings. The Kier molecular flexibility index (Phi) is 8.44. The largest absolute Gasteiger partial charge is 0.369 e. The van der Waals surface area contributed by atoms with E-state index in [1.165, 1.54) is 6.08 Å². The van der Waals surface area contributed by atoms with Gasteiger partial charge in [-0.1, -0.05) is 77.4 Å². The molecule has 0 saturated heterocycles. The summed E-state index contributed by atoms with van der Waals surface area (Å²) < 4.78 is -1.92. The fourth-order valence-corrected chi connectivity index (χ4v) is 2.26. The van der Waals surface area contributed by atoms with Crippen molar-refractivity contribution in [3.05, 3.63) is 42.0 Å². The average molecular weight is 410 g/mol. The Bertz CT molecular complexity index is 608. The van der Waals surface area contributed by atoms with E-state index < -0.39 is 21.8 Å². The first-order chi connectivity index (χ1) is 11.2. The second-order valence-electron chi connectivity index (χ2n) is 4.51. The molecule has 2 amide bonds. The lowest BCUT2D eigenvalue weighted by molar-refractivity contribution is -0.118. The smallest absolute Gasteiger partial charge is 0.245 e. The van der Waals surface area contributed by atoms with E-state index in [-0.39, 0.29) is 6.54 Å². The molecule has 130 valence electrons. The molecule has 1 atom stereocenters. The van der Waals surface area contributed by atoms with Crippen LogP contribution in [0.5, 0.6) is 0 Å². The Morgan fingerprint density at radius 3 is 2.42 bits per heavy atom. The third kappa shape index (κ3) is 7.46. The predicted octanol–water partition coefficient (Wildman–Crippen LogP) is 1.76. The number of benzene rings is 1. The standard InChI is InChI=1S/C14H15Cl3N4O2S/c15-14(16,17)13(21(9-24)19-8-11(18)22)20-12(23)7-6-10-4-2-1-3-5-10/h1-7,9,13,19H,8H2,(H2,18,22)(H,20,23)/b7-6+. The minimum atomic E-state index is -1.92. The third-order valence-electron chi connectivity index (χ3n) is 2.64. The van der Waals surface area contributed by atoms with Crippen LogP contribution < -0.4 is 16.5 Å². The monoisotopic (exact) mass is 408 g/mol. The van der Waals surface area contributed by atoms with E-state index in [1.807, 2.05) is 30.3 Å². The van der Waals surface area contributed by atoms with Gasteiger partial charge in [-0.15, -0.1) is 0 Å². The van der Waals surface area contributed by atoms with Crippen LogP contribution in [0.1, 0.15) is 5.56 Å². The minimum Gasteiger partial charge on any atom is -0.369 e. The van der Waals surface area contributed by atoms with Gasteiger partial charge in [-0.3, -0.25) is 14.6 Å². The van der Waals surface area contributed by atoms with Crippen molar-refractivity contribution in [1.29, 1.82) is 0 Å². The van der Waals surface area contributed by atoms with Crippen molar-refractivity contribution in [3.8, 4) is 0 Å². The van der Waals surface area contributed by atoms with Gasteiger partial charge in [-0.25, -0.2) is 5.43 Å². The zero-order valence-corrected chi connectivity index (χ0v) is 15.4. The van der Waals surface area contributed by atoms with E-state index >= 15 is 0 Å². The second-order valence-corrected chi connectivity index (χ2v) is 7.09. The number of carbonyl (C=O) groups is 2. The van der Waals surface area contributed by atoms with Crippen molar-refractivity contribution in [3.63, 3.8) is 0 Å². The van der Waals surface area contributed by atoms with Gasteiger partial charge in [0.1, 0.15) is 0 Å². The molecule has 6 nitrogen and oxygen atoms in total. The molecule has 1 aromatic rings. The number of rotatable bonds is 8. The quantitative estimate of drug-likeness (QED) is 0.200. The number of halogens is 3. The molecule has 0 aliphatic carbocycles. The Balaban J connectivity index is 2.81. The molecule has 1 aromatic carbocycles. The summed E-state index contributed by atoms with van der Waals surface area (Å²) in [5, 5.41) is 3.61. The van der Waals surface area contributed by atoms with E-state index in [0.29, 0.717) is 0 Å². The van der Waals surface area contributed by atoms with E-state index in [2.05, 4.69) is 10.7 Å². The van der Waals surface area contributed by atoms with Crippen molar-refractivity contribution in [1.82, 2.24) is 15.8 Å². The van der Waals surface area contributed by atoms with Crippen LogP contribution in [0.2, 0.25) is 0 Å². The number of nitrogens with one attached hydrogen (secondary N) is 2. The van der Waals surface area contributed by atoms with Crippen LogP contribution in [0.4, 0.5) is 0 Å². The minimum absolute atomic E-state index is 0.250. The molecule has 0 fully saturated rings. The average Bonchev–Trinajstić information content (AvgIpc) is 2.52. The van der Waals surface area contributed by atoms with Gasteiger partial charge in [0.2, 0.25) is 15.6 Å². The van der Waals surface area contributed by atoms with Crippen LogP contribution >= 0.6 is 47.0 Å².